The maximum Gasteiger partial charge on any atom is 0.105 e. The number of rotatable bonds is 1. The number of nitrogens with zero attached hydrogens (tertiary/aromatic N) is 1. The molecule has 1 aromatic rings. The predicted molar refractivity (Wildman–Crippen MR) is 32.7 cm³/mol. The van der Waals surface area contributed by atoms with E-state index in [1.54, 1.807) is 0 Å². The topological polar surface area (TPSA) is 28.7 Å². The fourth-order valence-corrected chi connectivity index (χ4v) is 0.647. The Morgan fingerprint density at radius 1 is 1.67 bits per heavy atom. The van der Waals surface area contributed by atoms with E-state index < -0.39 is 0 Å². The molecular weight excluding hydrogens is 297 g/mol. The first kappa shape index (κ1) is 8.95. The van der Waals surface area contributed by atoms with Gasteiger partial charge in [-0.1, -0.05) is 6.92 Å². The number of hydrogen-bond acceptors (Lipinski definition) is 1. The maximum atomic E-state index is 4.08. The molecule has 3 heteroatoms. The number of hydrogen-bond donors (Lipinski definition) is 1. The van der Waals surface area contributed by atoms with Crippen molar-refractivity contribution in [2.24, 2.45) is 0 Å². The van der Waals surface area contributed by atoms with Crippen LogP contribution >= 0.6 is 0 Å². The number of H-pyrrole nitrogens is 1. The molecule has 0 aliphatic carbocycles. The molecule has 0 fully saturated rings. The molecule has 0 aliphatic rings. The molecule has 1 radical (unpaired) electrons. The normalized spacial score (nSPS) is 8.67. The summed E-state index contributed by atoms with van der Waals surface area (Å²) in [5.41, 5.74) is 1.14. The van der Waals surface area contributed by atoms with E-state index in [1.165, 1.54) is 0 Å². The van der Waals surface area contributed by atoms with Crippen molar-refractivity contribution < 1.29 is 22.4 Å². The minimum Gasteiger partial charge on any atom is -0.346 e. The van der Waals surface area contributed by atoms with Crippen LogP contribution in [0, 0.1) is 6.92 Å². The smallest absolute Gasteiger partial charge is 0.105 e. The van der Waals surface area contributed by atoms with Crippen LogP contribution in [-0.4, -0.2) is 9.97 Å². The molecule has 9 heavy (non-hydrogen) atoms. The molecule has 1 aromatic heterocycles. The van der Waals surface area contributed by atoms with E-state index in [2.05, 4.69) is 16.9 Å². The largest absolute Gasteiger partial charge is 0.346 e. The molecule has 0 bridgehead atoms. The van der Waals surface area contributed by atoms with Gasteiger partial charge in [-0.2, -0.15) is 0 Å². The van der Waals surface area contributed by atoms with Crippen LogP contribution in [0.3, 0.4) is 0 Å². The van der Waals surface area contributed by atoms with E-state index in [1.807, 2.05) is 13.1 Å². The van der Waals surface area contributed by atoms with Crippen molar-refractivity contribution in [2.45, 2.75) is 20.3 Å². The quantitative estimate of drug-likeness (QED) is 0.778. The molecule has 0 aliphatic heterocycles. The number of aromatic amines is 1. The standard InChI is InChI=1S/C6H10N2.Au/c1-3-6-7-4-5(2)8-6;/h4H,3H2,1-2H3,(H,7,8);. The van der Waals surface area contributed by atoms with Crippen LogP contribution in [0.25, 0.3) is 0 Å². The summed E-state index contributed by atoms with van der Waals surface area (Å²) in [6.45, 7) is 4.09. The van der Waals surface area contributed by atoms with E-state index in [9.17, 15) is 0 Å². The summed E-state index contributed by atoms with van der Waals surface area (Å²) in [7, 11) is 0. The van der Waals surface area contributed by atoms with Crippen LogP contribution in [0.4, 0.5) is 0 Å². The monoisotopic (exact) mass is 307 g/mol. The van der Waals surface area contributed by atoms with Crippen molar-refractivity contribution in [3.63, 3.8) is 0 Å². The van der Waals surface area contributed by atoms with Crippen LogP contribution in [0.5, 0.6) is 0 Å². The predicted octanol–water partition coefficient (Wildman–Crippen LogP) is 1.28. The Labute approximate surface area is 70.6 Å². The first-order valence-electron chi connectivity index (χ1n) is 2.83. The Morgan fingerprint density at radius 3 is 2.56 bits per heavy atom. The molecule has 0 amide bonds. The summed E-state index contributed by atoms with van der Waals surface area (Å²) in [5.74, 6) is 1.07. The minimum absolute atomic E-state index is 0. The zero-order chi connectivity index (χ0) is 5.98. The van der Waals surface area contributed by atoms with Gasteiger partial charge in [0.05, 0.1) is 0 Å². The van der Waals surface area contributed by atoms with Crippen LogP contribution in [0.1, 0.15) is 18.4 Å². The second kappa shape index (κ2) is 3.88. The van der Waals surface area contributed by atoms with Crippen LogP contribution in [0.2, 0.25) is 0 Å². The van der Waals surface area contributed by atoms with Gasteiger partial charge in [-0.3, -0.25) is 0 Å². The summed E-state index contributed by atoms with van der Waals surface area (Å²) >= 11 is 0. The van der Waals surface area contributed by atoms with Gasteiger partial charge in [-0.05, 0) is 6.92 Å². The van der Waals surface area contributed by atoms with Crippen molar-refractivity contribution in [2.75, 3.05) is 0 Å². The second-order valence-corrected chi connectivity index (χ2v) is 1.87. The van der Waals surface area contributed by atoms with Crippen molar-refractivity contribution in [1.29, 1.82) is 0 Å². The van der Waals surface area contributed by atoms with Gasteiger partial charge in [0.15, 0.2) is 0 Å². The molecule has 0 spiro atoms. The molecule has 1 heterocycles. The summed E-state index contributed by atoms with van der Waals surface area (Å²) in [4.78, 5) is 7.19. The Kier molecular flexibility index (Phi) is 3.86. The SMILES string of the molecule is CCc1ncc(C)[nH]1.[Au]. The number of aromatic nitrogens is 2. The van der Waals surface area contributed by atoms with Crippen molar-refractivity contribution in [3.8, 4) is 0 Å². The molecule has 0 aromatic carbocycles. The molecule has 0 unspecified atom stereocenters. The fraction of sp³-hybridized carbons (Fsp3) is 0.500. The van der Waals surface area contributed by atoms with Gasteiger partial charge in [-0.25, -0.2) is 4.98 Å². The van der Waals surface area contributed by atoms with Gasteiger partial charge in [-0.15, -0.1) is 0 Å². The van der Waals surface area contributed by atoms with Gasteiger partial charge in [0.1, 0.15) is 5.82 Å². The molecular formula is C6H10AuN2. The molecule has 55 valence electrons. The Bertz CT molecular complexity index is 171. The number of aryl methyl sites for hydroxylation is 2. The Balaban J connectivity index is 0.000000640. The number of imidazole rings is 1. The van der Waals surface area contributed by atoms with Gasteiger partial charge >= 0.3 is 0 Å². The van der Waals surface area contributed by atoms with Crippen LogP contribution < -0.4 is 0 Å². The van der Waals surface area contributed by atoms with Crippen molar-refractivity contribution in [3.05, 3.63) is 17.7 Å². The summed E-state index contributed by atoms with van der Waals surface area (Å²) in [6.07, 6.45) is 2.84. The zero-order valence-corrected chi connectivity index (χ0v) is 7.70. The molecule has 0 atom stereocenters. The van der Waals surface area contributed by atoms with E-state index >= 15 is 0 Å². The molecule has 1 N–H and O–H groups in total. The van der Waals surface area contributed by atoms with Gasteiger partial charge in [0, 0.05) is 40.7 Å². The zero-order valence-electron chi connectivity index (χ0n) is 5.53. The maximum absolute atomic E-state index is 4.08. The molecule has 1 rings (SSSR count). The number of nitrogens with one attached hydrogen (secondary N) is 1. The van der Waals surface area contributed by atoms with E-state index in [0.717, 1.165) is 17.9 Å². The van der Waals surface area contributed by atoms with Gasteiger partial charge < -0.3 is 4.98 Å². The summed E-state index contributed by atoms with van der Waals surface area (Å²) in [6, 6.07) is 0. The first-order valence-corrected chi connectivity index (χ1v) is 2.83. The van der Waals surface area contributed by atoms with Gasteiger partial charge in [0.25, 0.3) is 0 Å². The Morgan fingerprint density at radius 2 is 2.33 bits per heavy atom. The van der Waals surface area contributed by atoms with Crippen LogP contribution in [-0.2, 0) is 28.8 Å². The molecule has 0 saturated heterocycles. The molecule has 2 nitrogen and oxygen atoms in total. The minimum atomic E-state index is 0. The first-order chi connectivity index (χ1) is 3.83. The van der Waals surface area contributed by atoms with Crippen LogP contribution in [0.15, 0.2) is 6.20 Å². The summed E-state index contributed by atoms with van der Waals surface area (Å²) < 4.78 is 0. The van der Waals surface area contributed by atoms with Crippen molar-refractivity contribution in [1.82, 2.24) is 9.97 Å². The summed E-state index contributed by atoms with van der Waals surface area (Å²) in [5, 5.41) is 0. The van der Waals surface area contributed by atoms with E-state index in [-0.39, 0.29) is 22.4 Å². The van der Waals surface area contributed by atoms with E-state index in [4.69, 9.17) is 0 Å². The second-order valence-electron chi connectivity index (χ2n) is 1.87. The van der Waals surface area contributed by atoms with Gasteiger partial charge in [0.2, 0.25) is 0 Å². The third-order valence-corrected chi connectivity index (χ3v) is 1.09. The van der Waals surface area contributed by atoms with E-state index in [0.29, 0.717) is 0 Å². The third kappa shape index (κ3) is 2.35. The average molecular weight is 307 g/mol. The third-order valence-electron chi connectivity index (χ3n) is 1.09. The molecule has 0 saturated carbocycles. The fourth-order valence-electron chi connectivity index (χ4n) is 0.647. The average Bonchev–Trinajstić information content (AvgIpc) is 2.14. The van der Waals surface area contributed by atoms with Crippen molar-refractivity contribution >= 4 is 0 Å². The Hall–Kier alpha value is -0.0497.